The Hall–Kier alpha value is -1.92. The van der Waals surface area contributed by atoms with Gasteiger partial charge in [-0.1, -0.05) is 6.07 Å². The molecule has 0 saturated heterocycles. The summed E-state index contributed by atoms with van der Waals surface area (Å²) in [6.45, 7) is 1.96. The third kappa shape index (κ3) is 3.30. The van der Waals surface area contributed by atoms with Crippen molar-refractivity contribution in [2.75, 3.05) is 10.7 Å². The van der Waals surface area contributed by atoms with Crippen LogP contribution in [0.4, 0.5) is 11.4 Å². The number of pyridine rings is 1. The molecule has 1 aromatic carbocycles. The minimum absolute atomic E-state index is 0.269. The first-order chi connectivity index (χ1) is 9.10. The van der Waals surface area contributed by atoms with Gasteiger partial charge in [-0.15, -0.1) is 0 Å². The first kappa shape index (κ1) is 13.5. The summed E-state index contributed by atoms with van der Waals surface area (Å²) in [7, 11) is 0. The summed E-state index contributed by atoms with van der Waals surface area (Å²) in [6.07, 6.45) is 1.50. The number of hydrogen-bond donors (Lipinski definition) is 3. The van der Waals surface area contributed by atoms with Gasteiger partial charge in [-0.3, -0.25) is 10.6 Å². The molecule has 2 rings (SSSR count). The summed E-state index contributed by atoms with van der Waals surface area (Å²) in [4.78, 5) is 16.1. The van der Waals surface area contributed by atoms with Crippen LogP contribution in [-0.4, -0.2) is 10.9 Å². The Bertz CT molecular complexity index is 598. The van der Waals surface area contributed by atoms with Gasteiger partial charge in [0.2, 0.25) is 0 Å². The number of benzene rings is 1. The maximum absolute atomic E-state index is 12.0. The fraction of sp³-hybridized carbons (Fsp3) is 0.0769. The Morgan fingerprint density at radius 2 is 2.11 bits per heavy atom. The molecule has 0 aliphatic carbocycles. The van der Waals surface area contributed by atoms with Crippen LogP contribution in [0, 0.1) is 6.92 Å². The zero-order valence-corrected chi connectivity index (χ0v) is 11.9. The van der Waals surface area contributed by atoms with Crippen molar-refractivity contribution in [2.45, 2.75) is 6.92 Å². The topological polar surface area (TPSA) is 80.0 Å². The number of carbonyl (C=O) groups is 1. The number of rotatable bonds is 3. The monoisotopic (exact) mass is 320 g/mol. The second kappa shape index (κ2) is 5.81. The molecule has 5 nitrogen and oxygen atoms in total. The molecule has 0 atom stereocenters. The lowest BCUT2D eigenvalue weighted by molar-refractivity contribution is 0.102. The highest BCUT2D eigenvalue weighted by molar-refractivity contribution is 9.10. The number of aryl methyl sites for hydroxylation is 1. The van der Waals surface area contributed by atoms with Gasteiger partial charge in [-0.2, -0.15) is 0 Å². The molecule has 0 radical (unpaired) electrons. The van der Waals surface area contributed by atoms with E-state index in [0.29, 0.717) is 17.1 Å². The van der Waals surface area contributed by atoms with Gasteiger partial charge < -0.3 is 10.7 Å². The molecule has 0 unspecified atom stereocenters. The van der Waals surface area contributed by atoms with Crippen molar-refractivity contribution < 1.29 is 4.79 Å². The smallest absolute Gasteiger partial charge is 0.274 e. The Kier molecular flexibility index (Phi) is 4.13. The van der Waals surface area contributed by atoms with Gasteiger partial charge in [0.05, 0.1) is 17.6 Å². The first-order valence-corrected chi connectivity index (χ1v) is 6.39. The van der Waals surface area contributed by atoms with E-state index in [9.17, 15) is 4.79 Å². The molecule has 0 saturated carbocycles. The van der Waals surface area contributed by atoms with Gasteiger partial charge in [-0.25, -0.2) is 4.98 Å². The van der Waals surface area contributed by atoms with Gasteiger partial charge in [0, 0.05) is 4.47 Å². The molecule has 0 spiro atoms. The lowest BCUT2D eigenvalue weighted by atomic mass is 10.2. The minimum atomic E-state index is -0.269. The number of nitrogen functional groups attached to an aromatic ring is 1. The number of hydrazine groups is 1. The van der Waals surface area contributed by atoms with Gasteiger partial charge in [0.1, 0.15) is 5.69 Å². The number of anilines is 2. The standard InChI is InChI=1S/C13H13BrN4O/c1-8-2-4-10(14)12(6-8)17-13(19)11-5-3-9(18-15)7-16-11/h2-7,18H,15H2,1H3,(H,17,19). The number of hydrogen-bond acceptors (Lipinski definition) is 4. The third-order valence-corrected chi connectivity index (χ3v) is 3.22. The Balaban J connectivity index is 2.18. The predicted molar refractivity (Wildman–Crippen MR) is 78.9 cm³/mol. The van der Waals surface area contributed by atoms with E-state index < -0.39 is 0 Å². The third-order valence-electron chi connectivity index (χ3n) is 2.53. The van der Waals surface area contributed by atoms with E-state index in [2.05, 4.69) is 31.7 Å². The zero-order chi connectivity index (χ0) is 13.8. The second-order valence-corrected chi connectivity index (χ2v) is 4.87. The summed E-state index contributed by atoms with van der Waals surface area (Å²) in [5, 5.41) is 2.80. The maximum Gasteiger partial charge on any atom is 0.274 e. The summed E-state index contributed by atoms with van der Waals surface area (Å²) in [5.41, 5.74) is 5.21. The average molecular weight is 321 g/mol. The molecule has 0 aliphatic heterocycles. The maximum atomic E-state index is 12.0. The Morgan fingerprint density at radius 3 is 2.74 bits per heavy atom. The molecule has 0 bridgehead atoms. The van der Waals surface area contributed by atoms with E-state index in [1.165, 1.54) is 6.20 Å². The molecule has 4 N–H and O–H groups in total. The molecular formula is C13H13BrN4O. The van der Waals surface area contributed by atoms with Crippen LogP contribution in [0.2, 0.25) is 0 Å². The van der Waals surface area contributed by atoms with Gasteiger partial charge >= 0.3 is 0 Å². The number of carbonyl (C=O) groups excluding carboxylic acids is 1. The normalized spacial score (nSPS) is 10.1. The Labute approximate surface area is 119 Å². The molecule has 1 heterocycles. The molecule has 2 aromatic rings. The van der Waals surface area contributed by atoms with E-state index in [1.54, 1.807) is 12.1 Å². The fourth-order valence-electron chi connectivity index (χ4n) is 1.53. The minimum Gasteiger partial charge on any atom is -0.323 e. The molecule has 0 fully saturated rings. The van der Waals surface area contributed by atoms with Crippen LogP contribution >= 0.6 is 15.9 Å². The SMILES string of the molecule is Cc1ccc(Br)c(NC(=O)c2ccc(NN)cn2)c1. The Morgan fingerprint density at radius 1 is 1.32 bits per heavy atom. The van der Waals surface area contributed by atoms with Crippen LogP contribution in [0.1, 0.15) is 16.1 Å². The van der Waals surface area contributed by atoms with Crippen molar-refractivity contribution in [1.29, 1.82) is 0 Å². The fourth-order valence-corrected chi connectivity index (χ4v) is 1.88. The van der Waals surface area contributed by atoms with E-state index in [0.717, 1.165) is 10.0 Å². The van der Waals surface area contributed by atoms with Crippen LogP contribution in [0.15, 0.2) is 41.0 Å². The summed E-state index contributed by atoms with van der Waals surface area (Å²) >= 11 is 3.39. The number of amides is 1. The zero-order valence-electron chi connectivity index (χ0n) is 10.3. The quantitative estimate of drug-likeness (QED) is 0.600. The summed E-state index contributed by atoms with van der Waals surface area (Å²) < 4.78 is 0.826. The van der Waals surface area contributed by atoms with Crippen LogP contribution in [-0.2, 0) is 0 Å². The molecular weight excluding hydrogens is 308 g/mol. The van der Waals surface area contributed by atoms with Crippen LogP contribution in [0.5, 0.6) is 0 Å². The van der Waals surface area contributed by atoms with Crippen molar-refractivity contribution >= 4 is 33.2 Å². The largest absolute Gasteiger partial charge is 0.323 e. The van der Waals surface area contributed by atoms with Crippen molar-refractivity contribution in [1.82, 2.24) is 4.98 Å². The van der Waals surface area contributed by atoms with Gasteiger partial charge in [-0.05, 0) is 52.7 Å². The molecule has 0 aliphatic rings. The first-order valence-electron chi connectivity index (χ1n) is 5.60. The molecule has 6 heteroatoms. The highest BCUT2D eigenvalue weighted by Gasteiger charge is 2.09. The molecule has 1 aromatic heterocycles. The predicted octanol–water partition coefficient (Wildman–Crippen LogP) is 2.69. The number of nitrogens with zero attached hydrogens (tertiary/aromatic N) is 1. The lowest BCUT2D eigenvalue weighted by Crippen LogP contribution is -2.15. The van der Waals surface area contributed by atoms with Crippen molar-refractivity contribution in [3.05, 3.63) is 52.3 Å². The lowest BCUT2D eigenvalue weighted by Gasteiger charge is -2.08. The van der Waals surface area contributed by atoms with Crippen molar-refractivity contribution in [3.8, 4) is 0 Å². The van der Waals surface area contributed by atoms with Gasteiger partial charge in [0.15, 0.2) is 0 Å². The summed E-state index contributed by atoms with van der Waals surface area (Å²) in [6, 6.07) is 9.03. The van der Waals surface area contributed by atoms with Gasteiger partial charge in [0.25, 0.3) is 5.91 Å². The number of nitrogens with one attached hydrogen (secondary N) is 2. The number of nitrogens with two attached hydrogens (primary N) is 1. The van der Waals surface area contributed by atoms with E-state index >= 15 is 0 Å². The van der Waals surface area contributed by atoms with Crippen LogP contribution < -0.4 is 16.6 Å². The van der Waals surface area contributed by atoms with E-state index in [4.69, 9.17) is 5.84 Å². The number of halogens is 1. The highest BCUT2D eigenvalue weighted by atomic mass is 79.9. The molecule has 1 amide bonds. The molecule has 98 valence electrons. The van der Waals surface area contributed by atoms with Crippen molar-refractivity contribution in [2.24, 2.45) is 5.84 Å². The van der Waals surface area contributed by atoms with Crippen LogP contribution in [0.3, 0.4) is 0 Å². The summed E-state index contributed by atoms with van der Waals surface area (Å²) in [5.74, 6) is 4.97. The van der Waals surface area contributed by atoms with Crippen LogP contribution in [0.25, 0.3) is 0 Å². The molecule has 19 heavy (non-hydrogen) atoms. The average Bonchev–Trinajstić information content (AvgIpc) is 2.43. The van der Waals surface area contributed by atoms with E-state index in [1.807, 2.05) is 25.1 Å². The number of aromatic nitrogens is 1. The second-order valence-electron chi connectivity index (χ2n) is 4.01. The van der Waals surface area contributed by atoms with E-state index in [-0.39, 0.29) is 5.91 Å². The van der Waals surface area contributed by atoms with Crippen molar-refractivity contribution in [3.63, 3.8) is 0 Å². The highest BCUT2D eigenvalue weighted by Crippen LogP contribution is 2.23.